The van der Waals surface area contributed by atoms with E-state index in [4.69, 9.17) is 16.3 Å². The van der Waals surface area contributed by atoms with Crippen molar-refractivity contribution < 1.29 is 17.9 Å². The number of aryl methyl sites for hydroxylation is 1. The second-order valence-electron chi connectivity index (χ2n) is 4.34. The Balaban J connectivity index is 2.52. The van der Waals surface area contributed by atoms with Gasteiger partial charge in [0.05, 0.1) is 12.5 Å². The lowest BCUT2D eigenvalue weighted by Crippen LogP contribution is -2.05. The first-order valence-corrected chi connectivity index (χ1v) is 6.31. The van der Waals surface area contributed by atoms with Crippen molar-refractivity contribution in [2.24, 2.45) is 0 Å². The van der Waals surface area contributed by atoms with Crippen molar-refractivity contribution in [1.82, 2.24) is 0 Å². The summed E-state index contributed by atoms with van der Waals surface area (Å²) < 4.78 is 46.6. The fraction of sp³-hybridized carbons (Fsp3) is 0.200. The van der Waals surface area contributed by atoms with Crippen molar-refractivity contribution >= 4 is 11.6 Å². The lowest BCUT2D eigenvalue weighted by molar-refractivity contribution is 0.410. The summed E-state index contributed by atoms with van der Waals surface area (Å²) in [5.41, 5.74) is -0.104. The van der Waals surface area contributed by atoms with Crippen LogP contribution < -0.4 is 4.74 Å². The second-order valence-corrected chi connectivity index (χ2v) is 4.78. The highest BCUT2D eigenvalue weighted by atomic mass is 35.5. The summed E-state index contributed by atoms with van der Waals surface area (Å²) in [5, 5.41) is -1.25. The number of rotatable bonds is 3. The Morgan fingerprint density at radius 3 is 2.35 bits per heavy atom. The quantitative estimate of drug-likeness (QED) is 0.743. The number of alkyl halides is 1. The Bertz CT molecular complexity index is 643. The van der Waals surface area contributed by atoms with Gasteiger partial charge in [-0.15, -0.1) is 11.6 Å². The van der Waals surface area contributed by atoms with Crippen molar-refractivity contribution in [2.45, 2.75) is 12.3 Å². The molecule has 20 heavy (non-hydrogen) atoms. The highest BCUT2D eigenvalue weighted by Crippen LogP contribution is 2.35. The lowest BCUT2D eigenvalue weighted by Gasteiger charge is -2.15. The Hall–Kier alpha value is -1.68. The first-order valence-electron chi connectivity index (χ1n) is 5.87. The van der Waals surface area contributed by atoms with Crippen LogP contribution in [0, 0.1) is 24.4 Å². The molecule has 0 spiro atoms. The van der Waals surface area contributed by atoms with Gasteiger partial charge >= 0.3 is 0 Å². The van der Waals surface area contributed by atoms with E-state index in [1.165, 1.54) is 32.2 Å². The molecule has 0 saturated heterocycles. The molecule has 5 heteroatoms. The molecule has 2 aromatic carbocycles. The number of hydrogen-bond acceptors (Lipinski definition) is 1. The third-order valence-electron chi connectivity index (χ3n) is 3.05. The molecule has 0 heterocycles. The van der Waals surface area contributed by atoms with Crippen LogP contribution in [0.3, 0.4) is 0 Å². The van der Waals surface area contributed by atoms with Crippen molar-refractivity contribution in [3.05, 3.63) is 64.5 Å². The number of ether oxygens (including phenoxy) is 1. The zero-order valence-electron chi connectivity index (χ0n) is 10.9. The molecule has 0 aliphatic heterocycles. The fourth-order valence-corrected chi connectivity index (χ4v) is 2.28. The van der Waals surface area contributed by atoms with E-state index >= 15 is 0 Å². The van der Waals surface area contributed by atoms with Crippen LogP contribution in [-0.2, 0) is 0 Å². The van der Waals surface area contributed by atoms with Crippen molar-refractivity contribution in [3.63, 3.8) is 0 Å². The second kappa shape index (κ2) is 5.75. The van der Waals surface area contributed by atoms with Gasteiger partial charge in [-0.1, -0.05) is 12.1 Å². The molecule has 0 bridgehead atoms. The van der Waals surface area contributed by atoms with Gasteiger partial charge in [0.1, 0.15) is 23.2 Å². The van der Waals surface area contributed by atoms with Gasteiger partial charge in [0.25, 0.3) is 0 Å². The molecule has 0 N–H and O–H groups in total. The molecule has 0 radical (unpaired) electrons. The zero-order chi connectivity index (χ0) is 14.9. The first-order chi connectivity index (χ1) is 9.45. The molecule has 0 aliphatic carbocycles. The van der Waals surface area contributed by atoms with Crippen molar-refractivity contribution in [2.75, 3.05) is 7.11 Å². The maximum atomic E-state index is 14.0. The van der Waals surface area contributed by atoms with Crippen molar-refractivity contribution in [3.8, 4) is 5.75 Å². The summed E-state index contributed by atoms with van der Waals surface area (Å²) in [7, 11) is 1.40. The van der Waals surface area contributed by atoms with E-state index in [-0.39, 0.29) is 16.7 Å². The Morgan fingerprint density at radius 2 is 1.75 bits per heavy atom. The molecular weight excluding hydrogens is 289 g/mol. The molecule has 0 fully saturated rings. The Labute approximate surface area is 119 Å². The van der Waals surface area contributed by atoms with Gasteiger partial charge in [-0.2, -0.15) is 0 Å². The van der Waals surface area contributed by atoms with E-state index in [0.717, 1.165) is 12.1 Å². The summed E-state index contributed by atoms with van der Waals surface area (Å²) in [5.74, 6) is -1.94. The maximum absolute atomic E-state index is 14.0. The minimum Gasteiger partial charge on any atom is -0.497 e. The normalized spacial score (nSPS) is 12.3. The number of halogens is 4. The maximum Gasteiger partial charge on any atom is 0.134 e. The molecule has 0 amide bonds. The van der Waals surface area contributed by atoms with Crippen LogP contribution in [0.1, 0.15) is 22.1 Å². The standard InChI is InChI=1S/C15H12ClF3O/c1-8-3-6-11(17)13(15(8)19)14(16)10-5-4-9(20-2)7-12(10)18/h3-7,14H,1-2H3. The van der Waals surface area contributed by atoms with E-state index in [1.807, 2.05) is 0 Å². The largest absolute Gasteiger partial charge is 0.497 e. The van der Waals surface area contributed by atoms with Crippen LogP contribution in [0.2, 0.25) is 0 Å². The molecule has 2 rings (SSSR count). The van der Waals surface area contributed by atoms with Gasteiger partial charge in [-0.05, 0) is 24.6 Å². The van der Waals surface area contributed by atoms with Gasteiger partial charge < -0.3 is 4.74 Å². The van der Waals surface area contributed by atoms with Gasteiger partial charge in [-0.3, -0.25) is 0 Å². The molecule has 0 saturated carbocycles. The average Bonchev–Trinajstić information content (AvgIpc) is 2.43. The molecule has 0 aromatic heterocycles. The van der Waals surface area contributed by atoms with Crippen LogP contribution in [-0.4, -0.2) is 7.11 Å². The fourth-order valence-electron chi connectivity index (χ4n) is 1.91. The monoisotopic (exact) mass is 300 g/mol. The average molecular weight is 301 g/mol. The van der Waals surface area contributed by atoms with Crippen LogP contribution >= 0.6 is 11.6 Å². The predicted octanol–water partition coefficient (Wildman–Crippen LogP) is 4.75. The molecule has 1 nitrogen and oxygen atoms in total. The third-order valence-corrected chi connectivity index (χ3v) is 3.51. The van der Waals surface area contributed by atoms with E-state index in [0.29, 0.717) is 5.75 Å². The molecule has 1 unspecified atom stereocenters. The minimum atomic E-state index is -1.25. The van der Waals surface area contributed by atoms with E-state index < -0.39 is 22.8 Å². The third kappa shape index (κ3) is 2.61. The summed E-state index contributed by atoms with van der Waals surface area (Å²) in [4.78, 5) is 0. The Morgan fingerprint density at radius 1 is 1.05 bits per heavy atom. The number of hydrogen-bond donors (Lipinski definition) is 0. The van der Waals surface area contributed by atoms with E-state index in [2.05, 4.69) is 0 Å². The summed E-state index contributed by atoms with van der Waals surface area (Å²) in [6.07, 6.45) is 0. The SMILES string of the molecule is COc1ccc(C(Cl)c2c(F)ccc(C)c2F)c(F)c1. The highest BCUT2D eigenvalue weighted by molar-refractivity contribution is 6.22. The zero-order valence-corrected chi connectivity index (χ0v) is 11.6. The number of methoxy groups -OCH3 is 1. The molecule has 0 aliphatic rings. The predicted molar refractivity (Wildman–Crippen MR) is 71.7 cm³/mol. The highest BCUT2D eigenvalue weighted by Gasteiger charge is 2.23. The minimum absolute atomic E-state index is 0.00383. The van der Waals surface area contributed by atoms with Gasteiger partial charge in [-0.25, -0.2) is 13.2 Å². The van der Waals surface area contributed by atoms with Gasteiger partial charge in [0.15, 0.2) is 0 Å². The van der Waals surface area contributed by atoms with Crippen LogP contribution in [0.5, 0.6) is 5.75 Å². The van der Waals surface area contributed by atoms with E-state index in [1.54, 1.807) is 0 Å². The lowest BCUT2D eigenvalue weighted by atomic mass is 10.0. The topological polar surface area (TPSA) is 9.23 Å². The molecular formula is C15H12ClF3O. The van der Waals surface area contributed by atoms with Crippen molar-refractivity contribution in [1.29, 1.82) is 0 Å². The van der Waals surface area contributed by atoms with Gasteiger partial charge in [0.2, 0.25) is 0 Å². The summed E-state index contributed by atoms with van der Waals surface area (Å²) >= 11 is 6.05. The first kappa shape index (κ1) is 14.7. The van der Waals surface area contributed by atoms with Crippen LogP contribution in [0.4, 0.5) is 13.2 Å². The molecule has 1 atom stereocenters. The smallest absolute Gasteiger partial charge is 0.134 e. The van der Waals surface area contributed by atoms with E-state index in [9.17, 15) is 13.2 Å². The Kier molecular flexibility index (Phi) is 4.23. The summed E-state index contributed by atoms with van der Waals surface area (Å²) in [6, 6.07) is 6.38. The van der Waals surface area contributed by atoms with Gasteiger partial charge in [0, 0.05) is 17.2 Å². The summed E-state index contributed by atoms with van der Waals surface area (Å²) in [6.45, 7) is 1.49. The molecule has 106 valence electrons. The number of benzene rings is 2. The van der Waals surface area contributed by atoms with Crippen LogP contribution in [0.25, 0.3) is 0 Å². The molecule has 2 aromatic rings. The van der Waals surface area contributed by atoms with Crippen LogP contribution in [0.15, 0.2) is 30.3 Å².